The molecule has 12 nitrogen and oxygen atoms in total. The van der Waals surface area contributed by atoms with E-state index in [9.17, 15) is 4.79 Å². The van der Waals surface area contributed by atoms with Crippen molar-refractivity contribution in [3.8, 4) is 11.5 Å². The standard InChI is InChI=1S/C46H53N5O7Si/c1-30(57-46(32-18-14-11-15-19-32,33-20-24-35(53-5)25-21-33)34-22-26-36(54-6)27-23-34)38-39(58-59(8,9)45(2,3)4)40(55-7)44(56-38)51-29-49-37-41(47-28-48-42(37)51)50-43(52)31-16-12-10-13-17-31/h10-30,38-40,44H,1-9H3,(H,47,48,50,52)/t30-,38?,39-,40-,44-/m1/s1. The maximum Gasteiger partial charge on any atom is 0.256 e. The number of nitrogens with one attached hydrogen (secondary N) is 1. The lowest BCUT2D eigenvalue weighted by Gasteiger charge is -2.43. The molecule has 59 heavy (non-hydrogen) atoms. The summed E-state index contributed by atoms with van der Waals surface area (Å²) in [4.78, 5) is 26.9. The Kier molecular flexibility index (Phi) is 12.0. The predicted octanol–water partition coefficient (Wildman–Crippen LogP) is 8.80. The Balaban J connectivity index is 1.33. The lowest BCUT2D eigenvalue weighted by atomic mass is 9.79. The van der Waals surface area contributed by atoms with E-state index in [1.165, 1.54) is 6.33 Å². The van der Waals surface area contributed by atoms with Crippen LogP contribution in [0.25, 0.3) is 11.2 Å². The summed E-state index contributed by atoms with van der Waals surface area (Å²) >= 11 is 0. The number of methoxy groups -OCH3 is 3. The van der Waals surface area contributed by atoms with Gasteiger partial charge in [0.2, 0.25) is 0 Å². The summed E-state index contributed by atoms with van der Waals surface area (Å²) in [6.45, 7) is 13.1. The number of imidazole rings is 1. The molecular weight excluding hydrogens is 763 g/mol. The molecule has 5 atom stereocenters. The van der Waals surface area contributed by atoms with E-state index in [0.29, 0.717) is 16.7 Å². The minimum absolute atomic E-state index is 0.126. The van der Waals surface area contributed by atoms with Crippen LogP contribution in [0.5, 0.6) is 11.5 Å². The largest absolute Gasteiger partial charge is 0.497 e. The van der Waals surface area contributed by atoms with Crippen molar-refractivity contribution in [2.75, 3.05) is 26.6 Å². The van der Waals surface area contributed by atoms with Gasteiger partial charge in [-0.2, -0.15) is 0 Å². The third-order valence-corrected chi connectivity index (χ3v) is 16.1. The van der Waals surface area contributed by atoms with Crippen LogP contribution in [0.4, 0.5) is 5.82 Å². The van der Waals surface area contributed by atoms with Crippen LogP contribution in [0.3, 0.4) is 0 Å². The van der Waals surface area contributed by atoms with Gasteiger partial charge >= 0.3 is 0 Å². The molecule has 308 valence electrons. The first-order valence-electron chi connectivity index (χ1n) is 19.7. The number of nitrogens with zero attached hydrogens (tertiary/aromatic N) is 4. The molecule has 1 aliphatic rings. The summed E-state index contributed by atoms with van der Waals surface area (Å²) in [5.74, 6) is 1.43. The fourth-order valence-corrected chi connectivity index (χ4v) is 8.74. The number of amides is 1. The number of rotatable bonds is 14. The Bertz CT molecular complexity index is 2290. The molecule has 13 heteroatoms. The number of hydrogen-bond donors (Lipinski definition) is 1. The lowest BCUT2D eigenvalue weighted by molar-refractivity contribution is -0.135. The zero-order valence-electron chi connectivity index (χ0n) is 35.1. The van der Waals surface area contributed by atoms with E-state index in [4.69, 9.17) is 33.1 Å². The average molecular weight is 816 g/mol. The predicted molar refractivity (Wildman–Crippen MR) is 229 cm³/mol. The third kappa shape index (κ3) is 8.13. The summed E-state index contributed by atoms with van der Waals surface area (Å²) in [6, 6.07) is 35.0. The number of fused-ring (bicyclic) bond motifs is 1. The molecular formula is C46H53N5O7Si. The van der Waals surface area contributed by atoms with Crippen molar-refractivity contribution in [3.63, 3.8) is 0 Å². The second kappa shape index (κ2) is 17.0. The van der Waals surface area contributed by atoms with E-state index < -0.39 is 44.6 Å². The molecule has 3 heterocycles. The van der Waals surface area contributed by atoms with Crippen molar-refractivity contribution < 1.29 is 32.9 Å². The monoisotopic (exact) mass is 815 g/mol. The molecule has 2 aromatic heterocycles. The van der Waals surface area contributed by atoms with Gasteiger partial charge in [0.05, 0.1) is 26.7 Å². The smallest absolute Gasteiger partial charge is 0.256 e. The molecule has 0 aliphatic carbocycles. The SMILES string of the molecule is COc1ccc(C(O[C@H](C)C2O[C@@H](n3cnc4c(NC(=O)c5ccccc5)ncnc43)[C@H](OC)[C@@H]2O[Si](C)(C)C(C)(C)C)(c2ccccc2)c2ccc(OC)cc2)cc1. The summed E-state index contributed by atoms with van der Waals surface area (Å²) in [5.41, 5.74) is 2.95. The van der Waals surface area contributed by atoms with E-state index in [2.05, 4.69) is 61.3 Å². The average Bonchev–Trinajstić information content (AvgIpc) is 3.84. The van der Waals surface area contributed by atoms with Crippen molar-refractivity contribution in [2.45, 2.75) is 82.1 Å². The number of carbonyl (C=O) groups excluding carboxylic acids is 1. The molecule has 1 fully saturated rings. The van der Waals surface area contributed by atoms with Crippen molar-refractivity contribution in [2.24, 2.45) is 0 Å². The van der Waals surface area contributed by atoms with Gasteiger partial charge in [0.1, 0.15) is 41.7 Å². The van der Waals surface area contributed by atoms with E-state index in [-0.39, 0.29) is 16.8 Å². The molecule has 6 aromatic rings. The van der Waals surface area contributed by atoms with Crippen LogP contribution in [0.1, 0.15) is 61.0 Å². The Morgan fingerprint density at radius 1 is 0.763 bits per heavy atom. The van der Waals surface area contributed by atoms with Gasteiger partial charge in [-0.3, -0.25) is 9.36 Å². The maximum atomic E-state index is 13.2. The Morgan fingerprint density at radius 3 is 1.86 bits per heavy atom. The van der Waals surface area contributed by atoms with Gasteiger partial charge < -0.3 is 33.4 Å². The number of ether oxygens (including phenoxy) is 5. The second-order valence-corrected chi connectivity index (χ2v) is 21.0. The number of hydrogen-bond acceptors (Lipinski definition) is 10. The minimum atomic E-state index is -2.46. The summed E-state index contributed by atoms with van der Waals surface area (Å²) in [5, 5.41) is 2.78. The van der Waals surface area contributed by atoms with Gasteiger partial charge in [-0.1, -0.05) is 93.6 Å². The van der Waals surface area contributed by atoms with Crippen LogP contribution in [-0.2, 0) is 24.2 Å². The fraction of sp³-hybridized carbons (Fsp3) is 0.348. The molecule has 1 N–H and O–H groups in total. The molecule has 0 radical (unpaired) electrons. The van der Waals surface area contributed by atoms with Gasteiger partial charge in [-0.15, -0.1) is 0 Å². The third-order valence-electron chi connectivity index (χ3n) is 11.6. The first kappa shape index (κ1) is 41.7. The van der Waals surface area contributed by atoms with Crippen LogP contribution in [0, 0.1) is 0 Å². The van der Waals surface area contributed by atoms with Crippen LogP contribution >= 0.6 is 0 Å². The number of aromatic nitrogens is 4. The summed E-state index contributed by atoms with van der Waals surface area (Å²) < 4.78 is 41.4. The molecule has 4 aromatic carbocycles. The first-order chi connectivity index (χ1) is 28.3. The molecule has 7 rings (SSSR count). The van der Waals surface area contributed by atoms with E-state index in [1.54, 1.807) is 39.8 Å². The number of anilines is 1. The normalized spacial score (nSPS) is 19.1. The maximum absolute atomic E-state index is 13.2. The van der Waals surface area contributed by atoms with Crippen molar-refractivity contribution in [1.29, 1.82) is 0 Å². The fourth-order valence-electron chi connectivity index (χ4n) is 7.44. The summed E-state index contributed by atoms with van der Waals surface area (Å²) in [6.07, 6.45) is -0.105. The van der Waals surface area contributed by atoms with E-state index in [0.717, 1.165) is 28.2 Å². The zero-order chi connectivity index (χ0) is 42.0. The molecule has 0 saturated carbocycles. The minimum Gasteiger partial charge on any atom is -0.497 e. The number of benzene rings is 4. The van der Waals surface area contributed by atoms with Crippen LogP contribution in [-0.4, -0.2) is 79.5 Å². The van der Waals surface area contributed by atoms with Gasteiger partial charge in [-0.25, -0.2) is 15.0 Å². The van der Waals surface area contributed by atoms with Gasteiger partial charge in [-0.05, 0) is 78.1 Å². The highest BCUT2D eigenvalue weighted by Crippen LogP contribution is 2.47. The van der Waals surface area contributed by atoms with Gasteiger partial charge in [0, 0.05) is 12.7 Å². The van der Waals surface area contributed by atoms with Crippen molar-refractivity contribution >= 4 is 31.2 Å². The van der Waals surface area contributed by atoms with Crippen LogP contribution in [0.15, 0.2) is 122 Å². The molecule has 0 bridgehead atoms. The van der Waals surface area contributed by atoms with Crippen molar-refractivity contribution in [3.05, 3.63) is 144 Å². The van der Waals surface area contributed by atoms with Crippen molar-refractivity contribution in [1.82, 2.24) is 19.5 Å². The second-order valence-electron chi connectivity index (χ2n) is 16.2. The van der Waals surface area contributed by atoms with Gasteiger partial charge in [0.25, 0.3) is 5.91 Å². The van der Waals surface area contributed by atoms with Gasteiger partial charge in [0.15, 0.2) is 31.5 Å². The van der Waals surface area contributed by atoms with Crippen LogP contribution in [0.2, 0.25) is 18.1 Å². The lowest BCUT2D eigenvalue weighted by Crippen LogP contribution is -2.52. The number of carbonyl (C=O) groups is 1. The molecule has 1 saturated heterocycles. The highest BCUT2D eigenvalue weighted by atomic mass is 28.4. The van der Waals surface area contributed by atoms with Crippen LogP contribution < -0.4 is 14.8 Å². The molecule has 0 spiro atoms. The van der Waals surface area contributed by atoms with E-state index in [1.807, 2.05) is 96.4 Å². The molecule has 1 amide bonds. The highest BCUT2D eigenvalue weighted by Gasteiger charge is 2.55. The molecule has 1 aliphatic heterocycles. The first-order valence-corrected chi connectivity index (χ1v) is 22.6. The topological polar surface area (TPSA) is 128 Å². The highest BCUT2D eigenvalue weighted by molar-refractivity contribution is 6.74. The zero-order valence-corrected chi connectivity index (χ0v) is 36.1. The Hall–Kier alpha value is -5.44. The quantitative estimate of drug-likeness (QED) is 0.0842. The Labute approximate surface area is 347 Å². The molecule has 1 unspecified atom stereocenters. The Morgan fingerprint density at radius 2 is 1.32 bits per heavy atom. The summed E-state index contributed by atoms with van der Waals surface area (Å²) in [7, 11) is 2.52. The van der Waals surface area contributed by atoms with E-state index >= 15 is 0 Å².